The van der Waals surface area contributed by atoms with Crippen molar-refractivity contribution in [1.82, 2.24) is 14.3 Å². The van der Waals surface area contributed by atoms with Crippen LogP contribution in [-0.2, 0) is 20.6 Å². The SMILES string of the molecule is Cc1nn(C)cc1NCc1cccn1C.Cl. The summed E-state index contributed by atoms with van der Waals surface area (Å²) in [5.41, 5.74) is 3.39. The Morgan fingerprint density at radius 1 is 1.38 bits per heavy atom. The zero-order chi connectivity index (χ0) is 10.8. The van der Waals surface area contributed by atoms with Crippen molar-refractivity contribution in [2.75, 3.05) is 5.32 Å². The van der Waals surface area contributed by atoms with Crippen molar-refractivity contribution in [3.63, 3.8) is 0 Å². The monoisotopic (exact) mass is 240 g/mol. The predicted octanol–water partition coefficient (Wildman–Crippen LogP) is 2.10. The molecule has 0 bridgehead atoms. The van der Waals surface area contributed by atoms with E-state index in [4.69, 9.17) is 0 Å². The summed E-state index contributed by atoms with van der Waals surface area (Å²) >= 11 is 0. The van der Waals surface area contributed by atoms with Gasteiger partial charge in [0.15, 0.2) is 0 Å². The van der Waals surface area contributed by atoms with Gasteiger partial charge < -0.3 is 9.88 Å². The Hall–Kier alpha value is -1.42. The van der Waals surface area contributed by atoms with Crippen molar-refractivity contribution in [3.8, 4) is 0 Å². The molecule has 0 amide bonds. The molecule has 0 unspecified atom stereocenters. The molecule has 0 radical (unpaired) electrons. The second kappa shape index (κ2) is 5.07. The fourth-order valence-corrected chi connectivity index (χ4v) is 1.64. The fourth-order valence-electron chi connectivity index (χ4n) is 1.64. The van der Waals surface area contributed by atoms with E-state index in [9.17, 15) is 0 Å². The Balaban J connectivity index is 0.00000128. The lowest BCUT2D eigenvalue weighted by Crippen LogP contribution is -2.04. The van der Waals surface area contributed by atoms with Gasteiger partial charge in [0.1, 0.15) is 0 Å². The molecule has 1 N–H and O–H groups in total. The Bertz CT molecular complexity index is 458. The molecule has 2 rings (SSSR count). The topological polar surface area (TPSA) is 34.8 Å². The molecule has 2 aromatic rings. The first-order valence-corrected chi connectivity index (χ1v) is 5.01. The molecular weight excluding hydrogens is 224 g/mol. The van der Waals surface area contributed by atoms with Crippen LogP contribution in [0.1, 0.15) is 11.4 Å². The first-order valence-electron chi connectivity index (χ1n) is 5.01. The molecule has 0 atom stereocenters. The largest absolute Gasteiger partial charge is 0.377 e. The highest BCUT2D eigenvalue weighted by Crippen LogP contribution is 2.12. The average Bonchev–Trinajstić information content (AvgIpc) is 2.70. The third kappa shape index (κ3) is 2.58. The lowest BCUT2D eigenvalue weighted by molar-refractivity contribution is 0.756. The smallest absolute Gasteiger partial charge is 0.0825 e. The Labute approximate surface area is 102 Å². The highest BCUT2D eigenvalue weighted by molar-refractivity contribution is 5.85. The van der Waals surface area contributed by atoms with E-state index in [1.54, 1.807) is 0 Å². The van der Waals surface area contributed by atoms with Gasteiger partial charge in [-0.2, -0.15) is 5.10 Å². The van der Waals surface area contributed by atoms with Gasteiger partial charge in [0, 0.05) is 32.2 Å². The zero-order valence-electron chi connectivity index (χ0n) is 9.77. The summed E-state index contributed by atoms with van der Waals surface area (Å²) in [6.07, 6.45) is 4.05. The molecule has 0 fully saturated rings. The number of anilines is 1. The maximum atomic E-state index is 4.28. The molecule has 0 saturated carbocycles. The molecule has 0 aliphatic rings. The molecule has 2 aromatic heterocycles. The molecule has 0 aromatic carbocycles. The van der Waals surface area contributed by atoms with Crippen LogP contribution in [0.15, 0.2) is 24.5 Å². The van der Waals surface area contributed by atoms with E-state index < -0.39 is 0 Å². The molecule has 5 heteroatoms. The van der Waals surface area contributed by atoms with E-state index in [2.05, 4.69) is 21.0 Å². The predicted molar refractivity (Wildman–Crippen MR) is 67.9 cm³/mol. The molecular formula is C11H17ClN4. The van der Waals surface area contributed by atoms with Crippen LogP contribution in [0.25, 0.3) is 0 Å². The van der Waals surface area contributed by atoms with Gasteiger partial charge in [-0.15, -0.1) is 12.4 Å². The summed E-state index contributed by atoms with van der Waals surface area (Å²) in [6.45, 7) is 2.84. The van der Waals surface area contributed by atoms with Gasteiger partial charge in [-0.05, 0) is 19.1 Å². The van der Waals surface area contributed by atoms with Gasteiger partial charge in [0.05, 0.1) is 17.9 Å². The summed E-state index contributed by atoms with van der Waals surface area (Å²) < 4.78 is 3.93. The molecule has 0 saturated heterocycles. The lowest BCUT2D eigenvalue weighted by Gasteiger charge is -2.05. The Kier molecular flexibility index (Phi) is 4.01. The highest BCUT2D eigenvalue weighted by Gasteiger charge is 2.02. The quantitative estimate of drug-likeness (QED) is 0.892. The number of aryl methyl sites for hydroxylation is 3. The Morgan fingerprint density at radius 2 is 2.12 bits per heavy atom. The minimum absolute atomic E-state index is 0. The van der Waals surface area contributed by atoms with Crippen LogP contribution >= 0.6 is 12.4 Å². The van der Waals surface area contributed by atoms with Crippen LogP contribution in [0.3, 0.4) is 0 Å². The summed E-state index contributed by atoms with van der Waals surface area (Å²) in [5.74, 6) is 0. The molecule has 0 aliphatic carbocycles. The Morgan fingerprint density at radius 3 is 2.62 bits per heavy atom. The number of hydrogen-bond acceptors (Lipinski definition) is 2. The third-order valence-electron chi connectivity index (χ3n) is 2.52. The third-order valence-corrected chi connectivity index (χ3v) is 2.52. The average molecular weight is 241 g/mol. The summed E-state index contributed by atoms with van der Waals surface area (Å²) in [7, 11) is 3.98. The lowest BCUT2D eigenvalue weighted by atomic mass is 10.3. The second-order valence-electron chi connectivity index (χ2n) is 3.77. The van der Waals surface area contributed by atoms with Crippen molar-refractivity contribution in [3.05, 3.63) is 35.9 Å². The molecule has 2 heterocycles. The molecule has 0 spiro atoms. The van der Waals surface area contributed by atoms with Crippen LogP contribution in [0.4, 0.5) is 5.69 Å². The van der Waals surface area contributed by atoms with E-state index >= 15 is 0 Å². The zero-order valence-corrected chi connectivity index (χ0v) is 10.6. The number of nitrogens with zero attached hydrogens (tertiary/aromatic N) is 3. The molecule has 4 nitrogen and oxygen atoms in total. The first kappa shape index (κ1) is 12.6. The summed E-state index contributed by atoms with van der Waals surface area (Å²) in [4.78, 5) is 0. The van der Waals surface area contributed by atoms with Gasteiger partial charge in [0.25, 0.3) is 0 Å². The van der Waals surface area contributed by atoms with E-state index in [0.29, 0.717) is 0 Å². The van der Waals surface area contributed by atoms with Crippen molar-refractivity contribution in [2.45, 2.75) is 13.5 Å². The van der Waals surface area contributed by atoms with E-state index in [-0.39, 0.29) is 12.4 Å². The minimum Gasteiger partial charge on any atom is -0.377 e. The fraction of sp³-hybridized carbons (Fsp3) is 0.364. The summed E-state index contributed by atoms with van der Waals surface area (Å²) in [5, 5.41) is 7.65. The van der Waals surface area contributed by atoms with Crippen molar-refractivity contribution in [1.29, 1.82) is 0 Å². The van der Waals surface area contributed by atoms with Gasteiger partial charge in [-0.1, -0.05) is 0 Å². The van der Waals surface area contributed by atoms with Gasteiger partial charge >= 0.3 is 0 Å². The number of nitrogens with one attached hydrogen (secondary N) is 1. The van der Waals surface area contributed by atoms with Crippen molar-refractivity contribution < 1.29 is 0 Å². The summed E-state index contributed by atoms with van der Waals surface area (Å²) in [6, 6.07) is 4.16. The van der Waals surface area contributed by atoms with Crippen LogP contribution in [-0.4, -0.2) is 14.3 Å². The molecule has 16 heavy (non-hydrogen) atoms. The van der Waals surface area contributed by atoms with Gasteiger partial charge in [-0.25, -0.2) is 0 Å². The first-order chi connectivity index (χ1) is 7.16. The number of hydrogen-bond donors (Lipinski definition) is 1. The van der Waals surface area contributed by atoms with Crippen LogP contribution in [0.5, 0.6) is 0 Å². The highest BCUT2D eigenvalue weighted by atomic mass is 35.5. The van der Waals surface area contributed by atoms with Crippen molar-refractivity contribution >= 4 is 18.1 Å². The maximum absolute atomic E-state index is 4.28. The van der Waals surface area contributed by atoms with Crippen LogP contribution in [0, 0.1) is 6.92 Å². The van der Waals surface area contributed by atoms with E-state index in [1.165, 1.54) is 5.69 Å². The van der Waals surface area contributed by atoms with E-state index in [1.807, 2.05) is 44.2 Å². The van der Waals surface area contributed by atoms with Crippen LogP contribution in [0.2, 0.25) is 0 Å². The minimum atomic E-state index is 0. The number of halogens is 1. The standard InChI is InChI=1S/C11H16N4.ClH/c1-9-11(8-15(3)13-9)12-7-10-5-4-6-14(10)2;/h4-6,8,12H,7H2,1-3H3;1H. The number of rotatable bonds is 3. The maximum Gasteiger partial charge on any atom is 0.0825 e. The molecule has 88 valence electrons. The normalized spacial score (nSPS) is 9.94. The van der Waals surface area contributed by atoms with Crippen LogP contribution < -0.4 is 5.32 Å². The van der Waals surface area contributed by atoms with Gasteiger partial charge in [-0.3, -0.25) is 4.68 Å². The second-order valence-corrected chi connectivity index (χ2v) is 3.77. The van der Waals surface area contributed by atoms with Gasteiger partial charge in [0.2, 0.25) is 0 Å². The molecule has 0 aliphatic heterocycles. The van der Waals surface area contributed by atoms with Crippen molar-refractivity contribution in [2.24, 2.45) is 14.1 Å². The van der Waals surface area contributed by atoms with E-state index in [0.717, 1.165) is 17.9 Å². The number of aromatic nitrogens is 3.